The summed E-state index contributed by atoms with van der Waals surface area (Å²) in [6.07, 6.45) is 0.172. The summed E-state index contributed by atoms with van der Waals surface area (Å²) in [7, 11) is 0. The highest BCUT2D eigenvalue weighted by Crippen LogP contribution is 2.21. The third-order valence-electron chi connectivity index (χ3n) is 2.25. The molecule has 0 heterocycles. The van der Waals surface area contributed by atoms with E-state index in [0.29, 0.717) is 13.2 Å². The molecule has 1 aromatic carbocycles. The summed E-state index contributed by atoms with van der Waals surface area (Å²) in [5, 5.41) is 2.80. The summed E-state index contributed by atoms with van der Waals surface area (Å²) in [6.45, 7) is 2.38. The molecule has 0 unspecified atom stereocenters. The van der Waals surface area contributed by atoms with E-state index in [9.17, 15) is 13.6 Å². The third kappa shape index (κ3) is 4.34. The van der Waals surface area contributed by atoms with Crippen molar-refractivity contribution in [2.45, 2.75) is 19.9 Å². The quantitative estimate of drug-likeness (QED) is 0.497. The highest BCUT2D eigenvalue weighted by Gasteiger charge is 2.11. The van der Waals surface area contributed by atoms with Crippen molar-refractivity contribution in [1.82, 2.24) is 5.32 Å². The molecule has 1 aromatic rings. The van der Waals surface area contributed by atoms with Crippen LogP contribution in [0.4, 0.5) is 8.78 Å². The lowest BCUT2D eigenvalue weighted by Crippen LogP contribution is -2.20. The Morgan fingerprint density at radius 2 is 2.17 bits per heavy atom. The average Bonchev–Trinajstić information content (AvgIpc) is 2.33. The second kappa shape index (κ2) is 7.43. The molecule has 0 spiro atoms. The summed E-state index contributed by atoms with van der Waals surface area (Å²) in [5.74, 6) is -1.57. The van der Waals surface area contributed by atoms with Crippen LogP contribution in [0.3, 0.4) is 0 Å². The first-order valence-electron chi connectivity index (χ1n) is 5.55. The van der Waals surface area contributed by atoms with Crippen LogP contribution in [0.5, 0.6) is 0 Å². The van der Waals surface area contributed by atoms with Crippen LogP contribution in [0.15, 0.2) is 16.6 Å². The summed E-state index contributed by atoms with van der Waals surface area (Å²) in [4.78, 5) is 11.0. The average molecular weight is 322 g/mol. The molecule has 0 aliphatic rings. The lowest BCUT2D eigenvalue weighted by atomic mass is 10.2. The zero-order valence-electron chi connectivity index (χ0n) is 9.93. The standard InChI is InChI=1S/C12H14BrF2NO2/c1-2-18-11(17)5-6-16-7-8-10(14)4-3-9(13)12(8)15/h3-4,16H,2,5-7H2,1H3. The molecule has 6 heteroatoms. The molecule has 100 valence electrons. The van der Waals surface area contributed by atoms with Gasteiger partial charge in [-0.25, -0.2) is 8.78 Å². The minimum absolute atomic E-state index is 0.0243. The number of hydrogen-bond donors (Lipinski definition) is 1. The SMILES string of the molecule is CCOC(=O)CCNCc1c(F)ccc(Br)c1F. The molecule has 1 rings (SSSR count). The first kappa shape index (κ1) is 15.0. The van der Waals surface area contributed by atoms with Gasteiger partial charge in [-0.1, -0.05) is 0 Å². The fourth-order valence-electron chi connectivity index (χ4n) is 1.37. The van der Waals surface area contributed by atoms with E-state index in [1.165, 1.54) is 12.1 Å². The van der Waals surface area contributed by atoms with Crippen LogP contribution in [0.25, 0.3) is 0 Å². The summed E-state index contributed by atoms with van der Waals surface area (Å²) >= 11 is 2.99. The highest BCUT2D eigenvalue weighted by atomic mass is 79.9. The van der Waals surface area contributed by atoms with Crippen molar-refractivity contribution in [3.05, 3.63) is 33.8 Å². The Labute approximate surface area is 113 Å². The molecule has 0 aliphatic carbocycles. The molecule has 1 N–H and O–H groups in total. The fraction of sp³-hybridized carbons (Fsp3) is 0.417. The van der Waals surface area contributed by atoms with Gasteiger partial charge in [0.15, 0.2) is 0 Å². The van der Waals surface area contributed by atoms with E-state index < -0.39 is 11.6 Å². The van der Waals surface area contributed by atoms with Crippen LogP contribution in [-0.4, -0.2) is 19.1 Å². The van der Waals surface area contributed by atoms with Gasteiger partial charge in [-0.3, -0.25) is 4.79 Å². The van der Waals surface area contributed by atoms with Crippen molar-refractivity contribution >= 4 is 21.9 Å². The maximum absolute atomic E-state index is 13.6. The Bertz CT molecular complexity index is 427. The Kier molecular flexibility index (Phi) is 6.21. The van der Waals surface area contributed by atoms with Gasteiger partial charge in [0, 0.05) is 18.7 Å². The largest absolute Gasteiger partial charge is 0.466 e. The summed E-state index contributed by atoms with van der Waals surface area (Å²) < 4.78 is 31.8. The van der Waals surface area contributed by atoms with E-state index in [1.807, 2.05) is 0 Å². The molecule has 3 nitrogen and oxygen atoms in total. The van der Waals surface area contributed by atoms with Gasteiger partial charge in [0.2, 0.25) is 0 Å². The van der Waals surface area contributed by atoms with Gasteiger partial charge in [0.25, 0.3) is 0 Å². The topological polar surface area (TPSA) is 38.3 Å². The second-order valence-corrected chi connectivity index (χ2v) is 4.41. The van der Waals surface area contributed by atoms with Gasteiger partial charge in [0.1, 0.15) is 11.6 Å². The highest BCUT2D eigenvalue weighted by molar-refractivity contribution is 9.10. The third-order valence-corrected chi connectivity index (χ3v) is 2.86. The minimum Gasteiger partial charge on any atom is -0.466 e. The maximum atomic E-state index is 13.6. The number of carbonyl (C=O) groups excluding carboxylic acids is 1. The molecule has 0 aromatic heterocycles. The Morgan fingerprint density at radius 3 is 2.83 bits per heavy atom. The molecule has 18 heavy (non-hydrogen) atoms. The molecule has 0 fully saturated rings. The number of nitrogens with one attached hydrogen (secondary N) is 1. The van der Waals surface area contributed by atoms with Crippen molar-refractivity contribution in [2.75, 3.05) is 13.2 Å². The molecule has 0 saturated carbocycles. The van der Waals surface area contributed by atoms with Gasteiger partial charge in [-0.2, -0.15) is 0 Å². The number of carbonyl (C=O) groups is 1. The van der Waals surface area contributed by atoms with Crippen molar-refractivity contribution in [3.8, 4) is 0 Å². The minimum atomic E-state index is -0.626. The van der Waals surface area contributed by atoms with Crippen LogP contribution in [0.2, 0.25) is 0 Å². The molecule has 0 radical (unpaired) electrons. The number of rotatable bonds is 6. The first-order valence-corrected chi connectivity index (χ1v) is 6.34. The predicted octanol–water partition coefficient (Wildman–Crippen LogP) is 2.77. The van der Waals surface area contributed by atoms with Crippen LogP contribution in [-0.2, 0) is 16.1 Å². The first-order chi connectivity index (χ1) is 8.56. The van der Waals surface area contributed by atoms with Crippen LogP contribution in [0.1, 0.15) is 18.9 Å². The number of halogens is 3. The zero-order valence-corrected chi connectivity index (χ0v) is 11.5. The van der Waals surface area contributed by atoms with E-state index in [2.05, 4.69) is 21.2 Å². The fourth-order valence-corrected chi connectivity index (χ4v) is 1.74. The van der Waals surface area contributed by atoms with Crippen molar-refractivity contribution < 1.29 is 18.3 Å². The van der Waals surface area contributed by atoms with Gasteiger partial charge < -0.3 is 10.1 Å². The normalized spacial score (nSPS) is 10.4. The lowest BCUT2D eigenvalue weighted by molar-refractivity contribution is -0.142. The van der Waals surface area contributed by atoms with E-state index in [0.717, 1.165) is 0 Å². The maximum Gasteiger partial charge on any atom is 0.307 e. The number of hydrogen-bond acceptors (Lipinski definition) is 3. The van der Waals surface area contributed by atoms with E-state index >= 15 is 0 Å². The van der Waals surface area contributed by atoms with Crippen LogP contribution in [0, 0.1) is 11.6 Å². The number of benzene rings is 1. The molecule has 0 bridgehead atoms. The Balaban J connectivity index is 2.45. The van der Waals surface area contributed by atoms with E-state index in [4.69, 9.17) is 4.74 Å². The van der Waals surface area contributed by atoms with E-state index in [-0.39, 0.29) is 29.0 Å². The smallest absolute Gasteiger partial charge is 0.307 e. The molecular weight excluding hydrogens is 308 g/mol. The summed E-state index contributed by atoms with van der Waals surface area (Å²) in [5.41, 5.74) is -0.0479. The monoisotopic (exact) mass is 321 g/mol. The molecule has 0 amide bonds. The molecule has 0 aliphatic heterocycles. The van der Waals surface area contributed by atoms with E-state index in [1.54, 1.807) is 6.92 Å². The lowest BCUT2D eigenvalue weighted by Gasteiger charge is -2.08. The number of esters is 1. The number of ether oxygens (including phenoxy) is 1. The predicted molar refractivity (Wildman–Crippen MR) is 67.0 cm³/mol. The van der Waals surface area contributed by atoms with Crippen LogP contribution < -0.4 is 5.32 Å². The van der Waals surface area contributed by atoms with Crippen molar-refractivity contribution in [1.29, 1.82) is 0 Å². The molecular formula is C12H14BrF2NO2. The molecule has 0 saturated heterocycles. The summed E-state index contributed by atoms with van der Waals surface area (Å²) in [6, 6.07) is 2.50. The van der Waals surface area contributed by atoms with Crippen molar-refractivity contribution in [2.24, 2.45) is 0 Å². The van der Waals surface area contributed by atoms with Crippen molar-refractivity contribution in [3.63, 3.8) is 0 Å². The molecule has 0 atom stereocenters. The zero-order chi connectivity index (χ0) is 13.5. The van der Waals surface area contributed by atoms with Gasteiger partial charge in [0.05, 0.1) is 17.5 Å². The van der Waals surface area contributed by atoms with Gasteiger partial charge in [-0.15, -0.1) is 0 Å². The second-order valence-electron chi connectivity index (χ2n) is 3.55. The van der Waals surface area contributed by atoms with Gasteiger partial charge in [-0.05, 0) is 35.0 Å². The Hall–Kier alpha value is -1.01. The Morgan fingerprint density at radius 1 is 1.44 bits per heavy atom. The van der Waals surface area contributed by atoms with Gasteiger partial charge >= 0.3 is 5.97 Å². The van der Waals surface area contributed by atoms with Crippen LogP contribution >= 0.6 is 15.9 Å².